The molecule has 0 saturated carbocycles. The van der Waals surface area contributed by atoms with Crippen LogP contribution in [0, 0.1) is 0 Å². The summed E-state index contributed by atoms with van der Waals surface area (Å²) < 4.78 is 17.0. The van der Waals surface area contributed by atoms with E-state index < -0.39 is 0 Å². The quantitative estimate of drug-likeness (QED) is 0.537. The van der Waals surface area contributed by atoms with Gasteiger partial charge >= 0.3 is 0 Å². The summed E-state index contributed by atoms with van der Waals surface area (Å²) >= 11 is 0. The van der Waals surface area contributed by atoms with Crippen LogP contribution in [0.2, 0.25) is 0 Å². The molecule has 0 amide bonds. The van der Waals surface area contributed by atoms with Gasteiger partial charge in [-0.25, -0.2) is 0 Å². The van der Waals surface area contributed by atoms with Crippen molar-refractivity contribution >= 4 is 0 Å². The lowest BCUT2D eigenvalue weighted by atomic mass is 9.96. The molecule has 0 radical (unpaired) electrons. The Hall–Kier alpha value is -3.34. The van der Waals surface area contributed by atoms with Crippen molar-refractivity contribution in [2.45, 2.75) is 25.7 Å². The smallest absolute Gasteiger partial charge is 0.203 e. The third-order valence-corrected chi connectivity index (χ3v) is 5.14. The molecule has 158 valence electrons. The molecular weight excluding hydrogens is 380 g/mol. The predicted octanol–water partition coefficient (Wildman–Crippen LogP) is 4.69. The van der Waals surface area contributed by atoms with Crippen LogP contribution in [0.3, 0.4) is 0 Å². The van der Waals surface area contributed by atoms with Crippen molar-refractivity contribution in [2.24, 2.45) is 0 Å². The molecule has 30 heavy (non-hydrogen) atoms. The van der Waals surface area contributed by atoms with E-state index in [1.165, 1.54) is 0 Å². The van der Waals surface area contributed by atoms with Gasteiger partial charge in [0, 0.05) is 0 Å². The van der Waals surface area contributed by atoms with E-state index in [9.17, 15) is 10.2 Å². The predicted molar refractivity (Wildman–Crippen MR) is 117 cm³/mol. The Morgan fingerprint density at radius 3 is 1.37 bits per heavy atom. The van der Waals surface area contributed by atoms with Crippen LogP contribution >= 0.6 is 0 Å². The van der Waals surface area contributed by atoms with Crippen LogP contribution in [0.15, 0.2) is 54.6 Å². The van der Waals surface area contributed by atoms with E-state index in [2.05, 4.69) is 6.07 Å². The first-order chi connectivity index (χ1) is 14.5. The highest BCUT2D eigenvalue weighted by molar-refractivity contribution is 5.60. The fourth-order valence-corrected chi connectivity index (χ4v) is 3.72. The second-order valence-corrected chi connectivity index (χ2v) is 7.13. The van der Waals surface area contributed by atoms with Crippen LogP contribution in [0.4, 0.5) is 0 Å². The zero-order chi connectivity index (χ0) is 21.5. The molecule has 0 unspecified atom stereocenters. The number of benzene rings is 3. The Balaban J connectivity index is 1.91. The van der Waals surface area contributed by atoms with Crippen molar-refractivity contribution in [1.82, 2.24) is 0 Å². The zero-order valence-corrected chi connectivity index (χ0v) is 17.6. The van der Waals surface area contributed by atoms with Crippen molar-refractivity contribution in [1.29, 1.82) is 0 Å². The molecular formula is C25H28O5. The maximum Gasteiger partial charge on any atom is 0.203 e. The Morgan fingerprint density at radius 1 is 0.567 bits per heavy atom. The SMILES string of the molecule is COc1c(CCc2cccc(O)c2)cc(CCc2cccc(O)c2)c(OC)c1OC. The van der Waals surface area contributed by atoms with Crippen LogP contribution < -0.4 is 14.2 Å². The van der Waals surface area contributed by atoms with Gasteiger partial charge in [0.2, 0.25) is 5.75 Å². The van der Waals surface area contributed by atoms with E-state index in [0.29, 0.717) is 17.2 Å². The largest absolute Gasteiger partial charge is 0.508 e. The van der Waals surface area contributed by atoms with E-state index in [-0.39, 0.29) is 11.5 Å². The lowest BCUT2D eigenvalue weighted by Crippen LogP contribution is -2.05. The van der Waals surface area contributed by atoms with E-state index >= 15 is 0 Å². The van der Waals surface area contributed by atoms with Crippen LogP contribution in [0.25, 0.3) is 0 Å². The van der Waals surface area contributed by atoms with Gasteiger partial charge in [-0.05, 0) is 78.3 Å². The molecule has 0 aliphatic heterocycles. The molecule has 0 fully saturated rings. The molecule has 3 rings (SSSR count). The topological polar surface area (TPSA) is 68.2 Å². The highest BCUT2D eigenvalue weighted by Crippen LogP contribution is 2.43. The maximum atomic E-state index is 9.72. The van der Waals surface area contributed by atoms with Crippen LogP contribution in [-0.4, -0.2) is 31.5 Å². The van der Waals surface area contributed by atoms with Crippen molar-refractivity contribution < 1.29 is 24.4 Å². The third kappa shape index (κ3) is 4.98. The number of methoxy groups -OCH3 is 3. The number of aromatic hydroxyl groups is 2. The fourth-order valence-electron chi connectivity index (χ4n) is 3.72. The van der Waals surface area contributed by atoms with Gasteiger partial charge in [-0.3, -0.25) is 0 Å². The molecule has 0 bridgehead atoms. The van der Waals surface area contributed by atoms with E-state index in [0.717, 1.165) is 47.9 Å². The minimum Gasteiger partial charge on any atom is -0.508 e. The number of phenolic OH excluding ortho intramolecular Hbond substituents is 2. The molecule has 2 N–H and O–H groups in total. The monoisotopic (exact) mass is 408 g/mol. The van der Waals surface area contributed by atoms with Crippen molar-refractivity contribution in [3.05, 3.63) is 76.9 Å². The molecule has 3 aromatic rings. The molecule has 0 atom stereocenters. The van der Waals surface area contributed by atoms with Gasteiger partial charge in [-0.1, -0.05) is 24.3 Å². The summed E-state index contributed by atoms with van der Waals surface area (Å²) in [4.78, 5) is 0. The van der Waals surface area contributed by atoms with Gasteiger partial charge in [-0.15, -0.1) is 0 Å². The molecule has 0 aliphatic rings. The van der Waals surface area contributed by atoms with Gasteiger partial charge in [0.05, 0.1) is 21.3 Å². The average Bonchev–Trinajstić information content (AvgIpc) is 2.75. The second kappa shape index (κ2) is 9.92. The van der Waals surface area contributed by atoms with Crippen LogP contribution in [-0.2, 0) is 25.7 Å². The lowest BCUT2D eigenvalue weighted by Gasteiger charge is -2.19. The van der Waals surface area contributed by atoms with Gasteiger partial charge in [0.1, 0.15) is 11.5 Å². The number of phenols is 2. The molecule has 5 heteroatoms. The Kier molecular flexibility index (Phi) is 7.07. The fraction of sp³-hybridized carbons (Fsp3) is 0.280. The first kappa shape index (κ1) is 21.4. The summed E-state index contributed by atoms with van der Waals surface area (Å²) in [5.74, 6) is 2.43. The van der Waals surface area contributed by atoms with E-state index in [1.54, 1.807) is 45.6 Å². The summed E-state index contributed by atoms with van der Waals surface area (Å²) in [5, 5.41) is 19.4. The Labute approximate surface area is 177 Å². The Bertz CT molecular complexity index is 921. The third-order valence-electron chi connectivity index (χ3n) is 5.14. The number of hydrogen-bond donors (Lipinski definition) is 2. The number of rotatable bonds is 9. The number of aryl methyl sites for hydroxylation is 4. The summed E-state index contributed by atoms with van der Waals surface area (Å²) in [6.45, 7) is 0. The lowest BCUT2D eigenvalue weighted by molar-refractivity contribution is 0.320. The zero-order valence-electron chi connectivity index (χ0n) is 17.6. The molecule has 5 nitrogen and oxygen atoms in total. The van der Waals surface area contributed by atoms with Gasteiger partial charge in [0.25, 0.3) is 0 Å². The molecule has 0 saturated heterocycles. The minimum atomic E-state index is 0.263. The van der Waals surface area contributed by atoms with Crippen LogP contribution in [0.1, 0.15) is 22.3 Å². The second-order valence-electron chi connectivity index (χ2n) is 7.13. The Morgan fingerprint density at radius 2 is 1.00 bits per heavy atom. The summed E-state index contributed by atoms with van der Waals surface area (Å²) in [5.41, 5.74) is 4.13. The van der Waals surface area contributed by atoms with Gasteiger partial charge < -0.3 is 24.4 Å². The normalized spacial score (nSPS) is 10.6. The number of ether oxygens (including phenoxy) is 3. The summed E-state index contributed by atoms with van der Waals surface area (Å²) in [6.07, 6.45) is 2.97. The van der Waals surface area contributed by atoms with Crippen molar-refractivity contribution in [3.8, 4) is 28.7 Å². The highest BCUT2D eigenvalue weighted by atomic mass is 16.5. The van der Waals surface area contributed by atoms with Crippen LogP contribution in [0.5, 0.6) is 28.7 Å². The molecule has 0 spiro atoms. The van der Waals surface area contributed by atoms with Gasteiger partial charge in [0.15, 0.2) is 11.5 Å². The summed E-state index contributed by atoms with van der Waals surface area (Å²) in [7, 11) is 4.86. The van der Waals surface area contributed by atoms with Crippen molar-refractivity contribution in [2.75, 3.05) is 21.3 Å². The van der Waals surface area contributed by atoms with E-state index in [4.69, 9.17) is 14.2 Å². The molecule has 0 aliphatic carbocycles. The molecule has 3 aromatic carbocycles. The number of hydrogen-bond acceptors (Lipinski definition) is 5. The summed E-state index contributed by atoms with van der Waals surface area (Å²) in [6, 6.07) is 16.7. The molecule has 0 heterocycles. The average molecular weight is 408 g/mol. The highest BCUT2D eigenvalue weighted by Gasteiger charge is 2.20. The van der Waals surface area contributed by atoms with E-state index in [1.807, 2.05) is 24.3 Å². The minimum absolute atomic E-state index is 0.263. The standard InChI is InChI=1S/C25H28O5/c1-28-23-19(12-10-17-6-4-8-21(26)14-17)16-20(24(29-2)25(23)30-3)13-11-18-7-5-9-22(27)15-18/h4-9,14-16,26-27H,10-13H2,1-3H3. The first-order valence-electron chi connectivity index (χ1n) is 9.92. The first-order valence-corrected chi connectivity index (χ1v) is 9.92. The van der Waals surface area contributed by atoms with Crippen molar-refractivity contribution in [3.63, 3.8) is 0 Å². The van der Waals surface area contributed by atoms with Gasteiger partial charge in [-0.2, -0.15) is 0 Å². The maximum absolute atomic E-state index is 9.72. The molecule has 0 aromatic heterocycles.